The highest BCUT2D eigenvalue weighted by Gasteiger charge is 2.11. The molecule has 3 aromatic rings. The van der Waals surface area contributed by atoms with Crippen LogP contribution < -0.4 is 10.1 Å². The zero-order valence-electron chi connectivity index (χ0n) is 14.1. The highest BCUT2D eigenvalue weighted by molar-refractivity contribution is 6.34. The Balaban J connectivity index is 1.58. The van der Waals surface area contributed by atoms with Gasteiger partial charge < -0.3 is 10.1 Å². The molecule has 0 spiro atoms. The molecule has 0 heterocycles. The molecular weight excluding hydrogens is 369 g/mol. The molecule has 0 aliphatic carbocycles. The Morgan fingerprint density at radius 3 is 2.26 bits per heavy atom. The second-order valence-electron chi connectivity index (χ2n) is 5.74. The Kier molecular flexibility index (Phi) is 5.84. The van der Waals surface area contributed by atoms with Crippen molar-refractivity contribution in [3.8, 4) is 5.75 Å². The number of esters is 1. The Labute approximate surface area is 160 Å². The predicted octanol–water partition coefficient (Wildman–Crippen LogP) is 4.88. The molecule has 0 aromatic heterocycles. The fraction of sp³-hybridized carbons (Fsp3) is 0.0476. The van der Waals surface area contributed by atoms with E-state index in [0.29, 0.717) is 27.6 Å². The molecule has 3 rings (SSSR count). The third-order valence-corrected chi connectivity index (χ3v) is 4.05. The number of hydrogen-bond donors (Lipinski definition) is 1. The number of anilines is 1. The van der Waals surface area contributed by atoms with E-state index in [2.05, 4.69) is 5.32 Å². The minimum atomic E-state index is -0.463. The van der Waals surface area contributed by atoms with E-state index in [9.17, 15) is 14.0 Å². The summed E-state index contributed by atoms with van der Waals surface area (Å²) in [6.45, 7) is 0. The molecule has 0 bridgehead atoms. The van der Waals surface area contributed by atoms with E-state index in [1.165, 1.54) is 24.3 Å². The standard InChI is InChI=1S/C21H15ClFNO3/c22-19-4-2-1-3-18(19)21(26)24-16-9-11-17(12-10-16)27-20(25)13-14-5-7-15(23)8-6-14/h1-12H,13H2,(H,24,26). The zero-order chi connectivity index (χ0) is 19.2. The van der Waals surface area contributed by atoms with Gasteiger partial charge in [-0.25, -0.2) is 4.39 Å². The summed E-state index contributed by atoms with van der Waals surface area (Å²) in [6.07, 6.45) is 0.0330. The van der Waals surface area contributed by atoms with Crippen molar-refractivity contribution in [2.45, 2.75) is 6.42 Å². The van der Waals surface area contributed by atoms with E-state index in [1.807, 2.05) is 0 Å². The van der Waals surface area contributed by atoms with Crippen LogP contribution in [-0.4, -0.2) is 11.9 Å². The number of amides is 1. The summed E-state index contributed by atoms with van der Waals surface area (Å²) in [7, 11) is 0. The van der Waals surface area contributed by atoms with Gasteiger partial charge in [0.05, 0.1) is 17.0 Å². The molecule has 6 heteroatoms. The third-order valence-electron chi connectivity index (χ3n) is 3.72. The SMILES string of the molecule is O=C(Cc1ccc(F)cc1)Oc1ccc(NC(=O)c2ccccc2Cl)cc1. The van der Waals surface area contributed by atoms with Crippen molar-refractivity contribution in [2.75, 3.05) is 5.32 Å². The molecule has 0 aliphatic rings. The fourth-order valence-corrected chi connectivity index (χ4v) is 2.61. The first-order valence-corrected chi connectivity index (χ1v) is 8.50. The van der Waals surface area contributed by atoms with Crippen molar-refractivity contribution in [1.29, 1.82) is 0 Å². The van der Waals surface area contributed by atoms with Gasteiger partial charge in [0.15, 0.2) is 0 Å². The number of nitrogens with one attached hydrogen (secondary N) is 1. The molecule has 1 amide bonds. The third kappa shape index (κ3) is 5.15. The second-order valence-corrected chi connectivity index (χ2v) is 6.14. The van der Waals surface area contributed by atoms with E-state index >= 15 is 0 Å². The maximum Gasteiger partial charge on any atom is 0.315 e. The normalized spacial score (nSPS) is 10.3. The molecule has 0 radical (unpaired) electrons. The van der Waals surface area contributed by atoms with E-state index < -0.39 is 5.97 Å². The van der Waals surface area contributed by atoms with Crippen LogP contribution in [0.4, 0.5) is 10.1 Å². The van der Waals surface area contributed by atoms with Gasteiger partial charge in [-0.1, -0.05) is 35.9 Å². The average Bonchev–Trinajstić information content (AvgIpc) is 2.65. The largest absolute Gasteiger partial charge is 0.426 e. The van der Waals surface area contributed by atoms with Crippen molar-refractivity contribution in [3.63, 3.8) is 0 Å². The van der Waals surface area contributed by atoms with Gasteiger partial charge in [0, 0.05) is 5.69 Å². The number of benzene rings is 3. The van der Waals surface area contributed by atoms with E-state index in [1.54, 1.807) is 48.5 Å². The first-order valence-electron chi connectivity index (χ1n) is 8.12. The van der Waals surface area contributed by atoms with Crippen LogP contribution in [0.1, 0.15) is 15.9 Å². The molecule has 0 saturated heterocycles. The van der Waals surface area contributed by atoms with Gasteiger partial charge in [0.1, 0.15) is 11.6 Å². The molecule has 0 unspecified atom stereocenters. The van der Waals surface area contributed by atoms with Gasteiger partial charge in [-0.15, -0.1) is 0 Å². The van der Waals surface area contributed by atoms with Gasteiger partial charge in [0.25, 0.3) is 5.91 Å². The van der Waals surface area contributed by atoms with E-state index in [4.69, 9.17) is 16.3 Å². The summed E-state index contributed by atoms with van der Waals surface area (Å²) in [5, 5.41) is 3.09. The summed E-state index contributed by atoms with van der Waals surface area (Å²) >= 11 is 6.00. The summed E-state index contributed by atoms with van der Waals surface area (Å²) in [4.78, 5) is 24.2. The lowest BCUT2D eigenvalue weighted by atomic mass is 10.1. The van der Waals surface area contributed by atoms with Crippen LogP contribution in [0.2, 0.25) is 5.02 Å². The molecule has 136 valence electrons. The Hall–Kier alpha value is -3.18. The molecule has 0 fully saturated rings. The number of rotatable bonds is 5. The van der Waals surface area contributed by atoms with Crippen LogP contribution in [0.15, 0.2) is 72.8 Å². The molecule has 1 N–H and O–H groups in total. The highest BCUT2D eigenvalue weighted by atomic mass is 35.5. The molecule has 27 heavy (non-hydrogen) atoms. The number of carbonyl (C=O) groups excluding carboxylic acids is 2. The van der Waals surface area contributed by atoms with Crippen molar-refractivity contribution < 1.29 is 18.7 Å². The summed E-state index contributed by atoms with van der Waals surface area (Å²) in [5.74, 6) is -0.810. The van der Waals surface area contributed by atoms with Crippen molar-refractivity contribution in [1.82, 2.24) is 0 Å². The lowest BCUT2D eigenvalue weighted by Crippen LogP contribution is -2.13. The van der Waals surface area contributed by atoms with Crippen molar-refractivity contribution >= 4 is 29.2 Å². The maximum absolute atomic E-state index is 12.9. The molecular formula is C21H15ClFNO3. The first kappa shape index (κ1) is 18.6. The number of halogens is 2. The second kappa shape index (κ2) is 8.47. The summed E-state index contributed by atoms with van der Waals surface area (Å²) < 4.78 is 18.1. The van der Waals surface area contributed by atoms with Crippen LogP contribution in [0.5, 0.6) is 5.75 Å². The smallest absolute Gasteiger partial charge is 0.315 e. The fourth-order valence-electron chi connectivity index (χ4n) is 2.39. The molecule has 0 saturated carbocycles. The number of hydrogen-bond acceptors (Lipinski definition) is 3. The monoisotopic (exact) mass is 383 g/mol. The Morgan fingerprint density at radius 1 is 0.926 bits per heavy atom. The quantitative estimate of drug-likeness (QED) is 0.504. The highest BCUT2D eigenvalue weighted by Crippen LogP contribution is 2.20. The minimum Gasteiger partial charge on any atom is -0.426 e. The van der Waals surface area contributed by atoms with Gasteiger partial charge >= 0.3 is 5.97 Å². The van der Waals surface area contributed by atoms with Gasteiger partial charge in [-0.05, 0) is 54.1 Å². The average molecular weight is 384 g/mol. The predicted molar refractivity (Wildman–Crippen MR) is 102 cm³/mol. The van der Waals surface area contributed by atoms with Crippen LogP contribution in [0.3, 0.4) is 0 Å². The molecule has 4 nitrogen and oxygen atoms in total. The molecule has 0 atom stereocenters. The van der Waals surface area contributed by atoms with E-state index in [0.717, 1.165) is 0 Å². The lowest BCUT2D eigenvalue weighted by molar-refractivity contribution is -0.133. The van der Waals surface area contributed by atoms with Crippen LogP contribution in [-0.2, 0) is 11.2 Å². The van der Waals surface area contributed by atoms with Crippen LogP contribution >= 0.6 is 11.6 Å². The van der Waals surface area contributed by atoms with E-state index in [-0.39, 0.29) is 18.1 Å². The topological polar surface area (TPSA) is 55.4 Å². The number of carbonyl (C=O) groups is 2. The van der Waals surface area contributed by atoms with Crippen LogP contribution in [0, 0.1) is 5.82 Å². The van der Waals surface area contributed by atoms with Crippen LogP contribution in [0.25, 0.3) is 0 Å². The summed E-state index contributed by atoms with van der Waals surface area (Å²) in [6, 6.07) is 18.8. The number of ether oxygens (including phenoxy) is 1. The van der Waals surface area contributed by atoms with Gasteiger partial charge in [0.2, 0.25) is 0 Å². The van der Waals surface area contributed by atoms with Crippen molar-refractivity contribution in [3.05, 3.63) is 94.8 Å². The molecule has 3 aromatic carbocycles. The zero-order valence-corrected chi connectivity index (χ0v) is 14.9. The minimum absolute atomic E-state index is 0.0330. The lowest BCUT2D eigenvalue weighted by Gasteiger charge is -2.08. The van der Waals surface area contributed by atoms with Gasteiger partial charge in [-0.2, -0.15) is 0 Å². The van der Waals surface area contributed by atoms with Gasteiger partial charge in [-0.3, -0.25) is 9.59 Å². The summed E-state index contributed by atoms with van der Waals surface area (Å²) in [5.41, 5.74) is 1.57. The first-order chi connectivity index (χ1) is 13.0. The Bertz CT molecular complexity index is 956. The van der Waals surface area contributed by atoms with Crippen molar-refractivity contribution in [2.24, 2.45) is 0 Å². The Morgan fingerprint density at radius 2 is 1.59 bits per heavy atom. The molecule has 0 aliphatic heterocycles. The maximum atomic E-state index is 12.9.